The Hall–Kier alpha value is -3.42. The summed E-state index contributed by atoms with van der Waals surface area (Å²) in [4.78, 5) is 27.0. The second-order valence-corrected chi connectivity index (χ2v) is 6.86. The van der Waals surface area contributed by atoms with Gasteiger partial charge in [-0.05, 0) is 29.8 Å². The van der Waals surface area contributed by atoms with Crippen molar-refractivity contribution >= 4 is 17.4 Å². The fraction of sp³-hybridized carbons (Fsp3) is 0.250. The predicted molar refractivity (Wildman–Crippen MR) is 115 cm³/mol. The molecule has 1 saturated heterocycles. The summed E-state index contributed by atoms with van der Waals surface area (Å²) in [5, 5.41) is 19.9. The maximum Gasteiger partial charge on any atom is 0.295 e. The minimum atomic E-state index is -0.750. The van der Waals surface area contributed by atoms with Crippen LogP contribution in [0, 0.1) is 0 Å². The van der Waals surface area contributed by atoms with E-state index in [1.165, 1.54) is 4.90 Å². The van der Waals surface area contributed by atoms with Crippen LogP contribution in [-0.2, 0) is 14.3 Å². The summed E-state index contributed by atoms with van der Waals surface area (Å²) in [7, 11) is 0. The first kappa shape index (κ1) is 22.3. The minimum absolute atomic E-state index is 0.0260. The van der Waals surface area contributed by atoms with Gasteiger partial charge in [0.05, 0.1) is 31.4 Å². The first-order valence-electron chi connectivity index (χ1n) is 9.94. The Morgan fingerprint density at radius 1 is 1.06 bits per heavy atom. The summed E-state index contributed by atoms with van der Waals surface area (Å²) >= 11 is 0. The van der Waals surface area contributed by atoms with Crippen LogP contribution < -0.4 is 4.74 Å². The second-order valence-electron chi connectivity index (χ2n) is 6.86. The van der Waals surface area contributed by atoms with Crippen LogP contribution in [0.5, 0.6) is 5.75 Å². The Morgan fingerprint density at radius 2 is 1.77 bits per heavy atom. The van der Waals surface area contributed by atoms with Gasteiger partial charge in [-0.2, -0.15) is 0 Å². The number of carbonyl (C=O) groups is 2. The molecule has 1 aliphatic rings. The molecule has 0 saturated carbocycles. The van der Waals surface area contributed by atoms with Gasteiger partial charge in [0.25, 0.3) is 11.7 Å². The molecule has 31 heavy (non-hydrogen) atoms. The molecular formula is C24H25NO6. The van der Waals surface area contributed by atoms with Gasteiger partial charge in [0.2, 0.25) is 0 Å². The maximum atomic E-state index is 12.9. The average molecular weight is 423 g/mol. The number of likely N-dealkylation sites (tertiary alicyclic amines) is 1. The third-order valence-electron chi connectivity index (χ3n) is 4.86. The van der Waals surface area contributed by atoms with Crippen molar-refractivity contribution in [3.8, 4) is 5.75 Å². The van der Waals surface area contributed by atoms with Crippen molar-refractivity contribution < 1.29 is 29.3 Å². The highest BCUT2D eigenvalue weighted by molar-refractivity contribution is 6.46. The minimum Gasteiger partial charge on any atom is -0.507 e. The number of ether oxygens (including phenoxy) is 2. The van der Waals surface area contributed by atoms with Crippen molar-refractivity contribution in [2.75, 3.05) is 33.0 Å². The molecule has 0 aliphatic carbocycles. The molecule has 2 N–H and O–H groups in total. The molecule has 1 heterocycles. The Bertz CT molecular complexity index is 952. The number of benzene rings is 2. The second kappa shape index (κ2) is 10.6. The highest BCUT2D eigenvalue weighted by atomic mass is 16.5. The third kappa shape index (κ3) is 5.02. The highest BCUT2D eigenvalue weighted by Crippen LogP contribution is 2.39. The van der Waals surface area contributed by atoms with Crippen molar-refractivity contribution in [2.45, 2.75) is 6.04 Å². The Morgan fingerprint density at radius 3 is 2.42 bits per heavy atom. The number of amides is 1. The molecule has 1 fully saturated rings. The fourth-order valence-electron chi connectivity index (χ4n) is 3.44. The molecule has 7 nitrogen and oxygen atoms in total. The lowest BCUT2D eigenvalue weighted by molar-refractivity contribution is -0.140. The summed E-state index contributed by atoms with van der Waals surface area (Å²) in [5.74, 6) is -1.10. The monoisotopic (exact) mass is 423 g/mol. The molecule has 1 aliphatic heterocycles. The van der Waals surface area contributed by atoms with Crippen molar-refractivity contribution in [2.24, 2.45) is 0 Å². The lowest BCUT2D eigenvalue weighted by atomic mass is 9.95. The molecule has 0 spiro atoms. The Kier molecular flexibility index (Phi) is 7.59. The van der Waals surface area contributed by atoms with E-state index >= 15 is 0 Å². The number of Topliss-reactive ketones (excluding diaryl/α,β-unsaturated/α-hetero) is 1. The van der Waals surface area contributed by atoms with Gasteiger partial charge in [-0.1, -0.05) is 43.0 Å². The number of rotatable bonds is 10. The van der Waals surface area contributed by atoms with Gasteiger partial charge in [0.1, 0.15) is 18.1 Å². The molecule has 0 bridgehead atoms. The van der Waals surface area contributed by atoms with E-state index in [9.17, 15) is 14.7 Å². The SMILES string of the molecule is C=CCOc1ccc(/C(O)=C2/C(=O)C(=O)N(CCOCCO)C2c2ccccc2)cc1. The highest BCUT2D eigenvalue weighted by Gasteiger charge is 2.45. The number of hydrogen-bond acceptors (Lipinski definition) is 6. The molecule has 1 atom stereocenters. The first-order valence-corrected chi connectivity index (χ1v) is 9.94. The van der Waals surface area contributed by atoms with Gasteiger partial charge in [-0.15, -0.1) is 0 Å². The Labute approximate surface area is 180 Å². The number of aliphatic hydroxyl groups is 2. The van der Waals surface area contributed by atoms with E-state index in [1.807, 2.05) is 18.2 Å². The van der Waals surface area contributed by atoms with E-state index in [-0.39, 0.29) is 37.7 Å². The molecule has 2 aromatic rings. The number of nitrogens with zero attached hydrogens (tertiary/aromatic N) is 1. The topological polar surface area (TPSA) is 96.3 Å². The quantitative estimate of drug-likeness (QED) is 0.201. The van der Waals surface area contributed by atoms with Crippen LogP contribution >= 0.6 is 0 Å². The number of hydrogen-bond donors (Lipinski definition) is 2. The lowest BCUT2D eigenvalue weighted by Crippen LogP contribution is -2.33. The number of aliphatic hydroxyl groups excluding tert-OH is 2. The molecule has 2 aromatic carbocycles. The van der Waals surface area contributed by atoms with Crippen LogP contribution in [0.3, 0.4) is 0 Å². The van der Waals surface area contributed by atoms with E-state index in [1.54, 1.807) is 42.5 Å². The zero-order valence-corrected chi connectivity index (χ0v) is 17.1. The summed E-state index contributed by atoms with van der Waals surface area (Å²) < 4.78 is 10.7. The van der Waals surface area contributed by atoms with E-state index in [0.29, 0.717) is 23.5 Å². The third-order valence-corrected chi connectivity index (χ3v) is 4.86. The van der Waals surface area contributed by atoms with Crippen LogP contribution in [0.15, 0.2) is 72.8 Å². The summed E-state index contributed by atoms with van der Waals surface area (Å²) in [6, 6.07) is 14.9. The van der Waals surface area contributed by atoms with Crippen molar-refractivity contribution in [3.63, 3.8) is 0 Å². The predicted octanol–water partition coefficient (Wildman–Crippen LogP) is 2.68. The van der Waals surface area contributed by atoms with Gasteiger partial charge in [0.15, 0.2) is 0 Å². The molecule has 1 unspecified atom stereocenters. The van der Waals surface area contributed by atoms with E-state index < -0.39 is 17.7 Å². The van der Waals surface area contributed by atoms with E-state index in [2.05, 4.69) is 6.58 Å². The molecular weight excluding hydrogens is 398 g/mol. The van der Waals surface area contributed by atoms with Crippen molar-refractivity contribution in [1.29, 1.82) is 0 Å². The molecule has 0 radical (unpaired) electrons. The van der Waals surface area contributed by atoms with E-state index in [0.717, 1.165) is 0 Å². The summed E-state index contributed by atoms with van der Waals surface area (Å²) in [6.07, 6.45) is 1.62. The lowest BCUT2D eigenvalue weighted by Gasteiger charge is -2.25. The van der Waals surface area contributed by atoms with Crippen molar-refractivity contribution in [1.82, 2.24) is 4.90 Å². The average Bonchev–Trinajstić information content (AvgIpc) is 3.06. The van der Waals surface area contributed by atoms with Crippen LogP contribution in [0.4, 0.5) is 0 Å². The summed E-state index contributed by atoms with van der Waals surface area (Å²) in [5.41, 5.74) is 1.14. The zero-order valence-electron chi connectivity index (χ0n) is 17.1. The van der Waals surface area contributed by atoms with E-state index in [4.69, 9.17) is 14.6 Å². The molecule has 0 aromatic heterocycles. The maximum absolute atomic E-state index is 12.9. The normalized spacial score (nSPS) is 17.7. The van der Waals surface area contributed by atoms with Gasteiger partial charge in [-0.3, -0.25) is 9.59 Å². The van der Waals surface area contributed by atoms with Crippen LogP contribution in [0.1, 0.15) is 17.2 Å². The standard InChI is InChI=1S/C24H25NO6/c1-2-14-31-19-10-8-18(9-11-19)22(27)20-21(17-6-4-3-5-7-17)25(24(29)23(20)28)12-15-30-16-13-26/h2-11,21,26-27H,1,12-16H2/b22-20-. The fourth-order valence-corrected chi connectivity index (χ4v) is 3.44. The summed E-state index contributed by atoms with van der Waals surface area (Å²) in [6.45, 7) is 4.26. The van der Waals surface area contributed by atoms with Gasteiger partial charge in [0, 0.05) is 12.1 Å². The molecule has 162 valence electrons. The number of ketones is 1. The largest absolute Gasteiger partial charge is 0.507 e. The van der Waals surface area contributed by atoms with Gasteiger partial charge < -0.3 is 24.6 Å². The van der Waals surface area contributed by atoms with Crippen LogP contribution in [-0.4, -0.2) is 59.8 Å². The Balaban J connectivity index is 1.98. The molecule has 1 amide bonds. The van der Waals surface area contributed by atoms with Gasteiger partial charge >= 0.3 is 0 Å². The number of carbonyl (C=O) groups excluding carboxylic acids is 2. The van der Waals surface area contributed by atoms with Crippen molar-refractivity contribution in [3.05, 3.63) is 84.0 Å². The zero-order chi connectivity index (χ0) is 22.2. The smallest absolute Gasteiger partial charge is 0.295 e. The van der Waals surface area contributed by atoms with Gasteiger partial charge in [-0.25, -0.2) is 0 Å². The van der Waals surface area contributed by atoms with Crippen LogP contribution in [0.2, 0.25) is 0 Å². The molecule has 3 rings (SSSR count). The molecule has 7 heteroatoms. The van der Waals surface area contributed by atoms with Crippen LogP contribution in [0.25, 0.3) is 5.76 Å². The first-order chi connectivity index (χ1) is 15.1.